The van der Waals surface area contributed by atoms with Crippen LogP contribution in [0.3, 0.4) is 0 Å². The maximum atomic E-state index is 9.37. The van der Waals surface area contributed by atoms with Gasteiger partial charge in [-0.05, 0) is 38.8 Å². The highest BCUT2D eigenvalue weighted by Gasteiger charge is 2.20. The zero-order chi connectivity index (χ0) is 13.4. The van der Waals surface area contributed by atoms with Crippen LogP contribution in [0.4, 0.5) is 0 Å². The largest absolute Gasteiger partial charge is 0.394 e. The van der Waals surface area contributed by atoms with E-state index in [-0.39, 0.29) is 12.1 Å². The smallest absolute Gasteiger partial charge is 0.187 e. The number of thioether (sulfide) groups is 1. The van der Waals surface area contributed by atoms with Crippen molar-refractivity contribution in [2.45, 2.75) is 44.3 Å². The predicted molar refractivity (Wildman–Crippen MR) is 75.9 cm³/mol. The summed E-state index contributed by atoms with van der Waals surface area (Å²) < 4.78 is 0. The molecule has 5 heteroatoms. The van der Waals surface area contributed by atoms with Crippen LogP contribution in [0, 0.1) is 6.92 Å². The van der Waals surface area contributed by atoms with Gasteiger partial charge in [-0.2, -0.15) is 0 Å². The molecule has 0 spiro atoms. The maximum absolute atomic E-state index is 9.37. The number of nitrogens with one attached hydrogen (secondary N) is 1. The number of aromatic nitrogens is 2. The Balaban J connectivity index is 2.27. The van der Waals surface area contributed by atoms with E-state index in [4.69, 9.17) is 0 Å². The summed E-state index contributed by atoms with van der Waals surface area (Å²) in [5.74, 6) is 0.976. The first-order chi connectivity index (χ1) is 8.59. The summed E-state index contributed by atoms with van der Waals surface area (Å²) in [5, 5.41) is 13.5. The van der Waals surface area contributed by atoms with Crippen LogP contribution in [0.5, 0.6) is 0 Å². The lowest BCUT2D eigenvalue weighted by atomic mass is 9.97. The normalized spacial score (nSPS) is 14.4. The Hall–Kier alpha value is -0.650. The molecule has 0 fully saturated rings. The molecule has 1 rings (SSSR count). The van der Waals surface area contributed by atoms with Gasteiger partial charge in [-0.3, -0.25) is 0 Å². The third-order valence-electron chi connectivity index (χ3n) is 2.81. The highest BCUT2D eigenvalue weighted by molar-refractivity contribution is 7.99. The fourth-order valence-corrected chi connectivity index (χ4v) is 2.46. The standard InChI is InChI=1S/C13H23N3OS/c1-4-16-13(3,10-17)6-5-7-18-12-14-8-11(2)9-15-12/h8-9,16-17H,4-7,10H2,1-3H3. The van der Waals surface area contributed by atoms with Gasteiger partial charge >= 0.3 is 0 Å². The molecule has 0 bridgehead atoms. The lowest BCUT2D eigenvalue weighted by Gasteiger charge is -2.28. The Labute approximate surface area is 114 Å². The SMILES string of the molecule is CCNC(C)(CO)CCCSc1ncc(C)cn1. The number of nitrogens with zero attached hydrogens (tertiary/aromatic N) is 2. The van der Waals surface area contributed by atoms with Crippen molar-refractivity contribution in [3.05, 3.63) is 18.0 Å². The van der Waals surface area contributed by atoms with E-state index >= 15 is 0 Å². The van der Waals surface area contributed by atoms with Gasteiger partial charge in [0.2, 0.25) is 0 Å². The molecule has 0 saturated carbocycles. The van der Waals surface area contributed by atoms with E-state index in [9.17, 15) is 5.11 Å². The molecular weight excluding hydrogens is 246 g/mol. The van der Waals surface area contributed by atoms with E-state index in [0.717, 1.165) is 35.9 Å². The zero-order valence-electron chi connectivity index (χ0n) is 11.4. The maximum Gasteiger partial charge on any atom is 0.187 e. The topological polar surface area (TPSA) is 58.0 Å². The number of aryl methyl sites for hydroxylation is 1. The summed E-state index contributed by atoms with van der Waals surface area (Å²) in [5.41, 5.74) is 0.919. The van der Waals surface area contributed by atoms with Gasteiger partial charge in [0.25, 0.3) is 0 Å². The Morgan fingerprint density at radius 2 is 2.06 bits per heavy atom. The first kappa shape index (κ1) is 15.4. The van der Waals surface area contributed by atoms with Crippen LogP contribution < -0.4 is 5.32 Å². The fraction of sp³-hybridized carbons (Fsp3) is 0.692. The first-order valence-electron chi connectivity index (χ1n) is 6.37. The Kier molecular flexibility index (Phi) is 6.60. The Morgan fingerprint density at radius 3 is 2.61 bits per heavy atom. The Bertz CT molecular complexity index is 345. The van der Waals surface area contributed by atoms with Crippen molar-refractivity contribution in [2.75, 3.05) is 18.9 Å². The average Bonchev–Trinajstić information content (AvgIpc) is 2.37. The summed E-state index contributed by atoms with van der Waals surface area (Å²) in [6.45, 7) is 7.15. The lowest BCUT2D eigenvalue weighted by molar-refractivity contribution is 0.167. The highest BCUT2D eigenvalue weighted by atomic mass is 32.2. The molecule has 1 unspecified atom stereocenters. The third kappa shape index (κ3) is 5.33. The van der Waals surface area contributed by atoms with Crippen LogP contribution in [-0.4, -0.2) is 39.5 Å². The van der Waals surface area contributed by atoms with Gasteiger partial charge in [0.15, 0.2) is 5.16 Å². The van der Waals surface area contributed by atoms with Crippen molar-refractivity contribution in [1.82, 2.24) is 15.3 Å². The molecule has 0 aromatic carbocycles. The Morgan fingerprint density at radius 1 is 1.39 bits per heavy atom. The van der Waals surface area contributed by atoms with Crippen molar-refractivity contribution in [2.24, 2.45) is 0 Å². The first-order valence-corrected chi connectivity index (χ1v) is 7.35. The van der Waals surface area contributed by atoms with Gasteiger partial charge in [-0.25, -0.2) is 9.97 Å². The molecule has 1 aromatic heterocycles. The quantitative estimate of drug-likeness (QED) is 0.429. The van der Waals surface area contributed by atoms with Crippen molar-refractivity contribution >= 4 is 11.8 Å². The number of aliphatic hydroxyl groups is 1. The van der Waals surface area contributed by atoms with Gasteiger partial charge in [0.05, 0.1) is 6.61 Å². The van der Waals surface area contributed by atoms with E-state index in [2.05, 4.69) is 29.1 Å². The number of likely N-dealkylation sites (N-methyl/N-ethyl adjacent to an activating group) is 1. The summed E-state index contributed by atoms with van der Waals surface area (Å²) in [7, 11) is 0. The number of hydrogen-bond donors (Lipinski definition) is 2. The van der Waals surface area contributed by atoms with Crippen molar-refractivity contribution < 1.29 is 5.11 Å². The zero-order valence-corrected chi connectivity index (χ0v) is 12.3. The molecule has 1 aromatic rings. The number of rotatable bonds is 8. The van der Waals surface area contributed by atoms with E-state index in [1.54, 1.807) is 11.8 Å². The van der Waals surface area contributed by atoms with Gasteiger partial charge in [0.1, 0.15) is 0 Å². The lowest BCUT2D eigenvalue weighted by Crippen LogP contribution is -2.45. The molecule has 0 radical (unpaired) electrons. The number of hydrogen-bond acceptors (Lipinski definition) is 5. The second-order valence-corrected chi connectivity index (χ2v) is 5.81. The molecule has 102 valence electrons. The summed E-state index contributed by atoms with van der Waals surface area (Å²) in [4.78, 5) is 8.51. The second kappa shape index (κ2) is 7.71. The van der Waals surface area contributed by atoms with Crippen LogP contribution in [0.2, 0.25) is 0 Å². The molecule has 4 nitrogen and oxygen atoms in total. The molecule has 2 N–H and O–H groups in total. The summed E-state index contributed by atoms with van der Waals surface area (Å²) in [6, 6.07) is 0. The molecule has 18 heavy (non-hydrogen) atoms. The molecule has 0 amide bonds. The van der Waals surface area contributed by atoms with Crippen molar-refractivity contribution in [1.29, 1.82) is 0 Å². The minimum atomic E-state index is -0.163. The third-order valence-corrected chi connectivity index (χ3v) is 3.78. The molecule has 0 aliphatic heterocycles. The van der Waals surface area contributed by atoms with Crippen molar-refractivity contribution in [3.8, 4) is 0 Å². The van der Waals surface area contributed by atoms with Gasteiger partial charge in [-0.1, -0.05) is 18.7 Å². The summed E-state index contributed by atoms with van der Waals surface area (Å²) >= 11 is 1.67. The molecule has 0 aliphatic carbocycles. The van der Waals surface area contributed by atoms with E-state index in [1.165, 1.54) is 0 Å². The minimum Gasteiger partial charge on any atom is -0.394 e. The average molecular weight is 269 g/mol. The minimum absolute atomic E-state index is 0.163. The molecule has 1 heterocycles. The monoisotopic (exact) mass is 269 g/mol. The van der Waals surface area contributed by atoms with E-state index < -0.39 is 0 Å². The molecular formula is C13H23N3OS. The van der Waals surface area contributed by atoms with Crippen LogP contribution >= 0.6 is 11.8 Å². The van der Waals surface area contributed by atoms with E-state index in [0.29, 0.717) is 0 Å². The van der Waals surface area contributed by atoms with Gasteiger partial charge in [-0.15, -0.1) is 0 Å². The molecule has 0 saturated heterocycles. The van der Waals surface area contributed by atoms with E-state index in [1.807, 2.05) is 19.3 Å². The van der Waals surface area contributed by atoms with Crippen LogP contribution in [0.25, 0.3) is 0 Å². The molecule has 0 aliphatic rings. The van der Waals surface area contributed by atoms with Crippen molar-refractivity contribution in [3.63, 3.8) is 0 Å². The van der Waals surface area contributed by atoms with Crippen LogP contribution in [-0.2, 0) is 0 Å². The second-order valence-electron chi connectivity index (χ2n) is 4.74. The van der Waals surface area contributed by atoms with Crippen LogP contribution in [0.1, 0.15) is 32.3 Å². The number of aliphatic hydroxyl groups excluding tert-OH is 1. The molecule has 1 atom stereocenters. The highest BCUT2D eigenvalue weighted by Crippen LogP contribution is 2.18. The van der Waals surface area contributed by atoms with Gasteiger partial charge in [0, 0.05) is 23.7 Å². The van der Waals surface area contributed by atoms with Gasteiger partial charge < -0.3 is 10.4 Å². The predicted octanol–water partition coefficient (Wildman–Crippen LogP) is 2.02. The van der Waals surface area contributed by atoms with Crippen LogP contribution in [0.15, 0.2) is 17.6 Å². The fourth-order valence-electron chi connectivity index (χ4n) is 1.73. The summed E-state index contributed by atoms with van der Waals surface area (Å²) in [6.07, 6.45) is 5.67.